The van der Waals surface area contributed by atoms with Gasteiger partial charge in [0.05, 0.1) is 37.0 Å². The Labute approximate surface area is 175 Å². The number of furan rings is 1. The third-order valence-electron chi connectivity index (χ3n) is 6.91. The van der Waals surface area contributed by atoms with Crippen molar-refractivity contribution in [3.8, 4) is 11.3 Å². The van der Waals surface area contributed by atoms with Crippen molar-refractivity contribution in [1.82, 2.24) is 9.97 Å². The highest BCUT2D eigenvalue weighted by molar-refractivity contribution is 5.82. The molecule has 158 valence electrons. The fourth-order valence-corrected chi connectivity index (χ4v) is 4.91. The van der Waals surface area contributed by atoms with Gasteiger partial charge < -0.3 is 24.9 Å². The second kappa shape index (κ2) is 7.34. The van der Waals surface area contributed by atoms with Crippen LogP contribution in [0.5, 0.6) is 0 Å². The number of aromatic nitrogens is 2. The van der Waals surface area contributed by atoms with E-state index < -0.39 is 0 Å². The summed E-state index contributed by atoms with van der Waals surface area (Å²) in [4.78, 5) is 11.9. The molecule has 7 heteroatoms. The van der Waals surface area contributed by atoms with Gasteiger partial charge in [-0.15, -0.1) is 0 Å². The number of nitrogens with zero attached hydrogens (tertiary/aromatic N) is 3. The molecule has 2 fully saturated rings. The summed E-state index contributed by atoms with van der Waals surface area (Å²) in [7, 11) is 0. The van der Waals surface area contributed by atoms with E-state index in [4.69, 9.17) is 24.9 Å². The Kier molecular flexibility index (Phi) is 4.76. The van der Waals surface area contributed by atoms with Gasteiger partial charge in [-0.3, -0.25) is 0 Å². The van der Waals surface area contributed by atoms with E-state index in [-0.39, 0.29) is 24.2 Å². The molecule has 2 saturated heterocycles. The molecule has 0 radical (unpaired) electrons. The van der Waals surface area contributed by atoms with E-state index in [2.05, 4.69) is 11.8 Å². The average Bonchev–Trinajstić information content (AvgIpc) is 3.34. The molecule has 4 heterocycles. The number of aliphatic hydroxyl groups is 1. The van der Waals surface area contributed by atoms with Gasteiger partial charge in [-0.2, -0.15) is 0 Å². The van der Waals surface area contributed by atoms with Gasteiger partial charge in [0, 0.05) is 35.5 Å². The van der Waals surface area contributed by atoms with Crippen LogP contribution in [0.1, 0.15) is 31.2 Å². The number of hydrogen-bond donors (Lipinski definition) is 2. The van der Waals surface area contributed by atoms with Crippen molar-refractivity contribution < 1.29 is 14.3 Å². The van der Waals surface area contributed by atoms with Crippen molar-refractivity contribution in [3.63, 3.8) is 0 Å². The molecule has 30 heavy (non-hydrogen) atoms. The van der Waals surface area contributed by atoms with Crippen LogP contribution >= 0.6 is 0 Å². The van der Waals surface area contributed by atoms with Gasteiger partial charge in [0.25, 0.3) is 0 Å². The second-order valence-electron chi connectivity index (χ2n) is 8.65. The molecule has 3 aromatic rings. The lowest BCUT2D eigenvalue weighted by atomic mass is 9.73. The summed E-state index contributed by atoms with van der Waals surface area (Å²) in [6.45, 7) is 6.27. The summed E-state index contributed by atoms with van der Waals surface area (Å²) in [6.07, 6.45) is 3.71. The minimum absolute atomic E-state index is 0.0517. The molecule has 0 unspecified atom stereocenters. The fraction of sp³-hybridized carbons (Fsp3) is 0.478. The van der Waals surface area contributed by atoms with E-state index in [1.807, 2.05) is 31.2 Å². The zero-order valence-electron chi connectivity index (χ0n) is 17.5. The van der Waals surface area contributed by atoms with Gasteiger partial charge in [-0.25, -0.2) is 9.97 Å². The van der Waals surface area contributed by atoms with Gasteiger partial charge in [0.15, 0.2) is 5.82 Å². The number of nitrogens with two attached hydrogens (primary N) is 1. The number of aryl methyl sites for hydroxylation is 1. The molecule has 1 spiro atoms. The fourth-order valence-electron chi connectivity index (χ4n) is 4.91. The molecule has 0 aliphatic carbocycles. The number of piperidine rings is 1. The predicted octanol–water partition coefficient (Wildman–Crippen LogP) is 3.02. The van der Waals surface area contributed by atoms with Crippen LogP contribution in [0.25, 0.3) is 22.2 Å². The van der Waals surface area contributed by atoms with Gasteiger partial charge in [0.1, 0.15) is 11.3 Å². The van der Waals surface area contributed by atoms with Crippen molar-refractivity contribution in [1.29, 1.82) is 0 Å². The predicted molar refractivity (Wildman–Crippen MR) is 115 cm³/mol. The topological polar surface area (TPSA) is 97.6 Å². The molecule has 7 nitrogen and oxygen atoms in total. The van der Waals surface area contributed by atoms with Crippen molar-refractivity contribution in [2.75, 3.05) is 24.6 Å². The maximum absolute atomic E-state index is 10.0. The number of aliphatic hydroxyl groups excluding tert-OH is 1. The van der Waals surface area contributed by atoms with E-state index in [1.54, 1.807) is 6.26 Å². The summed E-state index contributed by atoms with van der Waals surface area (Å²) >= 11 is 0. The van der Waals surface area contributed by atoms with Crippen LogP contribution in [-0.2, 0) is 11.3 Å². The maximum atomic E-state index is 10.0. The number of benzene rings is 1. The number of rotatable bonds is 3. The van der Waals surface area contributed by atoms with Gasteiger partial charge >= 0.3 is 0 Å². The maximum Gasteiger partial charge on any atom is 0.153 e. The summed E-state index contributed by atoms with van der Waals surface area (Å²) < 4.78 is 11.4. The lowest BCUT2D eigenvalue weighted by molar-refractivity contribution is 0.0973. The van der Waals surface area contributed by atoms with Crippen LogP contribution in [0.4, 0.5) is 5.82 Å². The van der Waals surface area contributed by atoms with Crippen molar-refractivity contribution in [2.45, 2.75) is 45.4 Å². The second-order valence-corrected chi connectivity index (χ2v) is 8.65. The molecule has 2 aromatic heterocycles. The van der Waals surface area contributed by atoms with Gasteiger partial charge in [-0.05, 0) is 38.8 Å². The van der Waals surface area contributed by atoms with Crippen LogP contribution in [-0.4, -0.2) is 46.9 Å². The number of ether oxygens (including phenoxy) is 1. The minimum Gasteiger partial charge on any atom is -0.464 e. The van der Waals surface area contributed by atoms with Gasteiger partial charge in [0.2, 0.25) is 0 Å². The number of fused-ring (bicyclic) bond motifs is 1. The monoisotopic (exact) mass is 408 g/mol. The lowest BCUT2D eigenvalue weighted by Gasteiger charge is -2.42. The smallest absolute Gasteiger partial charge is 0.153 e. The Morgan fingerprint density at radius 3 is 2.73 bits per heavy atom. The first-order valence-corrected chi connectivity index (χ1v) is 10.6. The van der Waals surface area contributed by atoms with Crippen LogP contribution in [0.2, 0.25) is 0 Å². The van der Waals surface area contributed by atoms with Crippen LogP contribution in [0.3, 0.4) is 0 Å². The molecular weight excluding hydrogens is 380 g/mol. The molecule has 1 aromatic carbocycles. The molecule has 0 saturated carbocycles. The summed E-state index contributed by atoms with van der Waals surface area (Å²) in [5.74, 6) is 0.771. The lowest BCUT2D eigenvalue weighted by Crippen LogP contribution is -2.51. The highest BCUT2D eigenvalue weighted by atomic mass is 16.5. The van der Waals surface area contributed by atoms with Crippen LogP contribution < -0.4 is 10.6 Å². The molecule has 2 aliphatic heterocycles. The molecule has 0 amide bonds. The van der Waals surface area contributed by atoms with Gasteiger partial charge in [-0.1, -0.05) is 12.1 Å². The minimum atomic E-state index is -0.153. The molecule has 5 rings (SSSR count). The highest BCUT2D eigenvalue weighted by Gasteiger charge is 2.47. The standard InChI is InChI=1S/C23H28N4O3/c1-14-20(17-4-3-16-5-10-29-19(16)11-17)26-18(12-28)22(25-14)27-8-6-23(7-9-27)13-30-15(2)21(23)24/h3-5,10-11,15,21,28H,6-9,12-13,24H2,1-2H3/t15-,21+/m0/s1. The van der Waals surface area contributed by atoms with E-state index >= 15 is 0 Å². The van der Waals surface area contributed by atoms with E-state index in [9.17, 15) is 5.11 Å². The molecule has 0 bridgehead atoms. The molecule has 2 atom stereocenters. The third kappa shape index (κ3) is 3.09. The summed E-state index contributed by atoms with van der Waals surface area (Å²) in [5, 5.41) is 11.1. The normalized spacial score (nSPS) is 23.5. The number of anilines is 1. The Morgan fingerprint density at radius 2 is 2.03 bits per heavy atom. The molecule has 2 aliphatic rings. The Hall–Kier alpha value is -2.48. The first kappa shape index (κ1) is 19.5. The quantitative estimate of drug-likeness (QED) is 0.687. The molecular formula is C23H28N4O3. The zero-order valence-corrected chi connectivity index (χ0v) is 17.5. The van der Waals surface area contributed by atoms with E-state index in [1.165, 1.54) is 0 Å². The Morgan fingerprint density at radius 1 is 1.23 bits per heavy atom. The number of hydrogen-bond acceptors (Lipinski definition) is 7. The SMILES string of the molecule is Cc1nc(N2CCC3(CC2)CO[C@@H](C)[C@H]3N)c(CO)nc1-c1ccc2ccoc2c1. The zero-order chi connectivity index (χ0) is 20.9. The summed E-state index contributed by atoms with van der Waals surface area (Å²) in [5.41, 5.74) is 10.5. The first-order valence-electron chi connectivity index (χ1n) is 10.6. The van der Waals surface area contributed by atoms with Crippen molar-refractivity contribution in [2.24, 2.45) is 11.1 Å². The van der Waals surface area contributed by atoms with E-state index in [0.717, 1.165) is 66.3 Å². The average molecular weight is 409 g/mol. The van der Waals surface area contributed by atoms with E-state index in [0.29, 0.717) is 5.69 Å². The Balaban J connectivity index is 1.43. The van der Waals surface area contributed by atoms with Crippen LogP contribution in [0, 0.1) is 12.3 Å². The van der Waals surface area contributed by atoms with Crippen LogP contribution in [0.15, 0.2) is 34.9 Å². The highest BCUT2D eigenvalue weighted by Crippen LogP contribution is 2.42. The van der Waals surface area contributed by atoms with Crippen molar-refractivity contribution in [3.05, 3.63) is 41.9 Å². The summed E-state index contributed by atoms with van der Waals surface area (Å²) in [6, 6.07) is 8.01. The Bertz CT molecular complexity index is 1070. The largest absolute Gasteiger partial charge is 0.464 e. The first-order chi connectivity index (χ1) is 14.5. The third-order valence-corrected chi connectivity index (χ3v) is 6.91. The molecule has 3 N–H and O–H groups in total. The van der Waals surface area contributed by atoms with Crippen molar-refractivity contribution >= 4 is 16.8 Å².